The van der Waals surface area contributed by atoms with E-state index in [1.807, 2.05) is 0 Å². The third kappa shape index (κ3) is 8.31. The van der Waals surface area contributed by atoms with Gasteiger partial charge >= 0.3 is 0 Å². The molecule has 0 aromatic carbocycles. The largest absolute Gasteiger partial charge is 0.385 e. The second kappa shape index (κ2) is 11.4. The minimum absolute atomic E-state index is 0.0143. The first-order chi connectivity index (χ1) is 10.6. The van der Waals surface area contributed by atoms with E-state index in [0.29, 0.717) is 32.7 Å². The number of amides is 2. The summed E-state index contributed by atoms with van der Waals surface area (Å²) in [7, 11) is 1.64. The Morgan fingerprint density at radius 2 is 2.00 bits per heavy atom. The average molecular weight is 315 g/mol. The summed E-state index contributed by atoms with van der Waals surface area (Å²) >= 11 is 0. The van der Waals surface area contributed by atoms with Gasteiger partial charge in [-0.3, -0.25) is 14.5 Å². The fraction of sp³-hybridized carbons (Fsp3) is 0.867. The van der Waals surface area contributed by atoms with Gasteiger partial charge in [-0.05, 0) is 6.42 Å². The third-order valence-corrected chi connectivity index (χ3v) is 3.69. The van der Waals surface area contributed by atoms with Gasteiger partial charge in [0.05, 0.1) is 13.2 Å². The molecule has 1 heterocycles. The van der Waals surface area contributed by atoms with E-state index >= 15 is 0 Å². The van der Waals surface area contributed by atoms with Crippen molar-refractivity contribution in [2.75, 3.05) is 66.2 Å². The Labute approximate surface area is 132 Å². The maximum atomic E-state index is 11.7. The molecule has 0 radical (unpaired) electrons. The highest BCUT2D eigenvalue weighted by molar-refractivity contribution is 5.77. The van der Waals surface area contributed by atoms with E-state index in [1.54, 1.807) is 18.9 Å². The van der Waals surface area contributed by atoms with Gasteiger partial charge in [-0.2, -0.15) is 0 Å². The molecule has 0 bridgehead atoms. The van der Waals surface area contributed by atoms with Crippen LogP contribution in [0.15, 0.2) is 0 Å². The topological polar surface area (TPSA) is 71.1 Å². The molecular formula is C15H29N3O4. The monoisotopic (exact) mass is 315 g/mol. The second-order valence-corrected chi connectivity index (χ2v) is 5.41. The molecular weight excluding hydrogens is 286 g/mol. The van der Waals surface area contributed by atoms with E-state index in [4.69, 9.17) is 9.47 Å². The van der Waals surface area contributed by atoms with Gasteiger partial charge in [-0.15, -0.1) is 0 Å². The van der Waals surface area contributed by atoms with Crippen LogP contribution < -0.4 is 5.32 Å². The predicted octanol–water partition coefficient (Wildman–Crippen LogP) is -0.290. The SMILES string of the molecule is COCCCNC(=O)CCN(CCN1CCOCC1)C(C)=O. The van der Waals surface area contributed by atoms with Crippen LogP contribution in [-0.4, -0.2) is 87.8 Å². The Morgan fingerprint density at radius 1 is 1.27 bits per heavy atom. The van der Waals surface area contributed by atoms with Crippen molar-refractivity contribution >= 4 is 11.8 Å². The van der Waals surface area contributed by atoms with Gasteiger partial charge in [0, 0.05) is 66.3 Å². The number of morpholine rings is 1. The number of carbonyl (C=O) groups excluding carboxylic acids is 2. The van der Waals surface area contributed by atoms with Crippen molar-refractivity contribution in [3.8, 4) is 0 Å². The van der Waals surface area contributed by atoms with Crippen LogP contribution in [0.1, 0.15) is 19.8 Å². The maximum absolute atomic E-state index is 11.7. The fourth-order valence-corrected chi connectivity index (χ4v) is 2.28. The lowest BCUT2D eigenvalue weighted by Crippen LogP contribution is -2.43. The summed E-state index contributed by atoms with van der Waals surface area (Å²) in [6, 6.07) is 0. The molecule has 1 fully saturated rings. The first-order valence-electron chi connectivity index (χ1n) is 7.94. The van der Waals surface area contributed by atoms with E-state index in [-0.39, 0.29) is 11.8 Å². The van der Waals surface area contributed by atoms with Gasteiger partial charge in [0.1, 0.15) is 0 Å². The van der Waals surface area contributed by atoms with E-state index in [9.17, 15) is 9.59 Å². The van der Waals surface area contributed by atoms with Crippen molar-refractivity contribution in [2.45, 2.75) is 19.8 Å². The number of ether oxygens (including phenoxy) is 2. The zero-order valence-corrected chi connectivity index (χ0v) is 13.8. The molecule has 0 aliphatic carbocycles. The molecule has 1 aliphatic rings. The first-order valence-corrected chi connectivity index (χ1v) is 7.94. The van der Waals surface area contributed by atoms with Gasteiger partial charge in [-0.1, -0.05) is 0 Å². The third-order valence-electron chi connectivity index (χ3n) is 3.69. The minimum Gasteiger partial charge on any atom is -0.385 e. The average Bonchev–Trinajstić information content (AvgIpc) is 2.52. The Bertz CT molecular complexity index is 333. The molecule has 0 aromatic rings. The first kappa shape index (κ1) is 18.9. The van der Waals surface area contributed by atoms with Crippen molar-refractivity contribution < 1.29 is 19.1 Å². The van der Waals surface area contributed by atoms with Gasteiger partial charge in [0.25, 0.3) is 0 Å². The molecule has 0 aromatic heterocycles. The van der Waals surface area contributed by atoms with Crippen LogP contribution >= 0.6 is 0 Å². The van der Waals surface area contributed by atoms with Crippen LogP contribution in [0.4, 0.5) is 0 Å². The van der Waals surface area contributed by atoms with Gasteiger partial charge < -0.3 is 19.7 Å². The molecule has 0 unspecified atom stereocenters. The lowest BCUT2D eigenvalue weighted by Gasteiger charge is -2.29. The molecule has 1 N–H and O–H groups in total. The zero-order valence-electron chi connectivity index (χ0n) is 13.8. The van der Waals surface area contributed by atoms with Crippen LogP contribution in [-0.2, 0) is 19.1 Å². The molecule has 0 atom stereocenters. The van der Waals surface area contributed by atoms with Crippen molar-refractivity contribution in [1.82, 2.24) is 15.1 Å². The standard InChI is InChI=1S/C15H29N3O4/c1-14(19)18(8-7-17-9-12-22-13-10-17)6-4-15(20)16-5-3-11-21-2/h3-13H2,1-2H3,(H,16,20). The van der Waals surface area contributed by atoms with Crippen molar-refractivity contribution in [3.05, 3.63) is 0 Å². The molecule has 1 saturated heterocycles. The predicted molar refractivity (Wildman–Crippen MR) is 83.6 cm³/mol. The Morgan fingerprint density at radius 3 is 2.64 bits per heavy atom. The lowest BCUT2D eigenvalue weighted by molar-refractivity contribution is -0.130. The smallest absolute Gasteiger partial charge is 0.221 e. The van der Waals surface area contributed by atoms with Crippen LogP contribution in [0, 0.1) is 0 Å². The molecule has 1 aliphatic heterocycles. The summed E-state index contributed by atoms with van der Waals surface area (Å²) in [5.41, 5.74) is 0. The highest BCUT2D eigenvalue weighted by Crippen LogP contribution is 1.99. The normalized spacial score (nSPS) is 15.5. The highest BCUT2D eigenvalue weighted by Gasteiger charge is 2.15. The molecule has 2 amide bonds. The molecule has 7 heteroatoms. The number of hydrogen-bond acceptors (Lipinski definition) is 5. The van der Waals surface area contributed by atoms with Crippen LogP contribution in [0.25, 0.3) is 0 Å². The summed E-state index contributed by atoms with van der Waals surface area (Å²) in [6.07, 6.45) is 1.14. The van der Waals surface area contributed by atoms with Crippen molar-refractivity contribution in [3.63, 3.8) is 0 Å². The number of hydrogen-bond donors (Lipinski definition) is 1. The summed E-state index contributed by atoms with van der Waals surface area (Å²) in [5.74, 6) is -0.00540. The quantitative estimate of drug-likeness (QED) is 0.561. The van der Waals surface area contributed by atoms with Gasteiger partial charge in [0.15, 0.2) is 0 Å². The Kier molecular flexibility index (Phi) is 9.77. The number of rotatable bonds is 10. The Balaban J connectivity index is 2.19. The van der Waals surface area contributed by atoms with E-state index in [2.05, 4.69) is 10.2 Å². The molecule has 7 nitrogen and oxygen atoms in total. The van der Waals surface area contributed by atoms with Gasteiger partial charge in [-0.25, -0.2) is 0 Å². The van der Waals surface area contributed by atoms with Crippen molar-refractivity contribution in [2.24, 2.45) is 0 Å². The van der Waals surface area contributed by atoms with Crippen LogP contribution in [0.2, 0.25) is 0 Å². The number of methoxy groups -OCH3 is 1. The summed E-state index contributed by atoms with van der Waals surface area (Å²) in [4.78, 5) is 27.4. The molecule has 128 valence electrons. The molecule has 22 heavy (non-hydrogen) atoms. The van der Waals surface area contributed by atoms with Crippen LogP contribution in [0.3, 0.4) is 0 Å². The zero-order chi connectivity index (χ0) is 16.2. The van der Waals surface area contributed by atoms with Gasteiger partial charge in [0.2, 0.25) is 11.8 Å². The van der Waals surface area contributed by atoms with E-state index < -0.39 is 0 Å². The van der Waals surface area contributed by atoms with Crippen molar-refractivity contribution in [1.29, 1.82) is 0 Å². The minimum atomic E-state index is -0.0197. The highest BCUT2D eigenvalue weighted by atomic mass is 16.5. The summed E-state index contributed by atoms with van der Waals surface area (Å²) in [6.45, 7) is 8.08. The van der Waals surface area contributed by atoms with Crippen LogP contribution in [0.5, 0.6) is 0 Å². The molecule has 0 spiro atoms. The summed E-state index contributed by atoms with van der Waals surface area (Å²) < 4.78 is 10.2. The number of carbonyl (C=O) groups is 2. The second-order valence-electron chi connectivity index (χ2n) is 5.41. The molecule has 1 rings (SSSR count). The molecule has 0 saturated carbocycles. The summed E-state index contributed by atoms with van der Waals surface area (Å²) in [5, 5.41) is 2.83. The lowest BCUT2D eigenvalue weighted by atomic mass is 10.3. The maximum Gasteiger partial charge on any atom is 0.221 e. The van der Waals surface area contributed by atoms with E-state index in [1.165, 1.54) is 0 Å². The Hall–Kier alpha value is -1.18. The fourth-order valence-electron chi connectivity index (χ4n) is 2.28. The number of nitrogens with one attached hydrogen (secondary N) is 1. The number of nitrogens with zero attached hydrogens (tertiary/aromatic N) is 2. The van der Waals surface area contributed by atoms with E-state index in [0.717, 1.165) is 39.3 Å².